The van der Waals surface area contributed by atoms with Crippen LogP contribution in [-0.4, -0.2) is 49.6 Å². The topological polar surface area (TPSA) is 93.0 Å². The molecule has 1 N–H and O–H groups in total. The molecule has 1 aliphatic heterocycles. The van der Waals surface area contributed by atoms with Crippen LogP contribution >= 0.6 is 11.3 Å². The van der Waals surface area contributed by atoms with Crippen LogP contribution in [0.25, 0.3) is 15.3 Å². The van der Waals surface area contributed by atoms with Gasteiger partial charge in [-0.1, -0.05) is 29.5 Å². The molecule has 0 spiro atoms. The molecule has 9 heteroatoms. The van der Waals surface area contributed by atoms with Crippen molar-refractivity contribution in [2.75, 3.05) is 18.4 Å². The Morgan fingerprint density at radius 3 is 2.58 bits per heavy atom. The molecule has 5 rings (SSSR count). The van der Waals surface area contributed by atoms with Crippen molar-refractivity contribution in [1.29, 1.82) is 0 Å². The molecule has 0 bridgehead atoms. The number of aryl methyl sites for hydroxylation is 1. The first kappa shape index (κ1) is 19.4. The van der Waals surface area contributed by atoms with E-state index >= 15 is 0 Å². The number of likely N-dealkylation sites (tertiary alicyclic amines) is 1. The zero-order chi connectivity index (χ0) is 21.4. The second-order valence-corrected chi connectivity index (χ2v) is 8.42. The highest BCUT2D eigenvalue weighted by molar-refractivity contribution is 7.20. The van der Waals surface area contributed by atoms with Gasteiger partial charge in [-0.15, -0.1) is 0 Å². The third-order valence-corrected chi connectivity index (χ3v) is 6.14. The van der Waals surface area contributed by atoms with Gasteiger partial charge in [0, 0.05) is 19.2 Å². The molecule has 0 saturated carbocycles. The van der Waals surface area contributed by atoms with E-state index in [1.54, 1.807) is 33.8 Å². The molecule has 0 atom stereocenters. The number of anilines is 1. The highest BCUT2D eigenvalue weighted by atomic mass is 32.1. The SMILES string of the molecule is Cc1cc(NC(=O)c2cccc(C(=O)N3CCCC3)n2)n(-c2nc3ccccc3s2)n1. The van der Waals surface area contributed by atoms with E-state index in [4.69, 9.17) is 0 Å². The lowest BCUT2D eigenvalue weighted by Gasteiger charge is -2.14. The maximum atomic E-state index is 12.9. The largest absolute Gasteiger partial charge is 0.337 e. The molecule has 1 aromatic carbocycles. The van der Waals surface area contributed by atoms with Gasteiger partial charge in [0.25, 0.3) is 11.8 Å². The maximum Gasteiger partial charge on any atom is 0.275 e. The molecule has 1 aliphatic rings. The normalized spacial score (nSPS) is 13.6. The molecular formula is C22H20N6O2S. The van der Waals surface area contributed by atoms with Gasteiger partial charge < -0.3 is 10.2 Å². The van der Waals surface area contributed by atoms with E-state index in [1.165, 1.54) is 11.3 Å². The number of amides is 2. The molecule has 1 fully saturated rings. The van der Waals surface area contributed by atoms with Crippen molar-refractivity contribution in [3.05, 3.63) is 65.6 Å². The molecule has 3 aromatic heterocycles. The Labute approximate surface area is 182 Å². The number of benzene rings is 1. The smallest absolute Gasteiger partial charge is 0.275 e. The minimum Gasteiger partial charge on any atom is -0.337 e. The number of fused-ring (bicyclic) bond motifs is 1. The first-order valence-corrected chi connectivity index (χ1v) is 10.9. The third-order valence-electron chi connectivity index (χ3n) is 5.13. The standard InChI is InChI=1S/C22H20N6O2S/c1-14-13-19(28(26-14)22-24-15-7-2-3-10-18(15)31-22)25-20(29)16-8-6-9-17(23-16)21(30)27-11-4-5-12-27/h2-3,6-10,13H,4-5,11-12H2,1H3,(H,25,29). The predicted molar refractivity (Wildman–Crippen MR) is 119 cm³/mol. The van der Waals surface area contributed by atoms with Crippen molar-refractivity contribution in [1.82, 2.24) is 24.6 Å². The predicted octanol–water partition coefficient (Wildman–Crippen LogP) is 3.67. The number of pyridine rings is 1. The summed E-state index contributed by atoms with van der Waals surface area (Å²) in [4.78, 5) is 36.2. The maximum absolute atomic E-state index is 12.9. The van der Waals surface area contributed by atoms with Crippen LogP contribution in [0.5, 0.6) is 0 Å². The fourth-order valence-corrected chi connectivity index (χ4v) is 4.56. The van der Waals surface area contributed by atoms with E-state index in [9.17, 15) is 9.59 Å². The number of nitrogens with zero attached hydrogens (tertiary/aromatic N) is 5. The Balaban J connectivity index is 1.41. The molecule has 4 heterocycles. The number of hydrogen-bond acceptors (Lipinski definition) is 6. The fourth-order valence-electron chi connectivity index (χ4n) is 3.63. The van der Waals surface area contributed by atoms with Gasteiger partial charge in [0.05, 0.1) is 15.9 Å². The number of hydrogen-bond donors (Lipinski definition) is 1. The molecule has 8 nitrogen and oxygen atoms in total. The lowest BCUT2D eigenvalue weighted by molar-refractivity contribution is 0.0787. The second kappa shape index (κ2) is 7.92. The van der Waals surface area contributed by atoms with Gasteiger partial charge in [0.15, 0.2) is 0 Å². The molecule has 0 radical (unpaired) electrons. The van der Waals surface area contributed by atoms with Gasteiger partial charge in [-0.05, 0) is 44.0 Å². The summed E-state index contributed by atoms with van der Waals surface area (Å²) in [5, 5.41) is 8.02. The summed E-state index contributed by atoms with van der Waals surface area (Å²) in [6.07, 6.45) is 2.00. The highest BCUT2D eigenvalue weighted by Gasteiger charge is 2.22. The lowest BCUT2D eigenvalue weighted by atomic mass is 10.2. The first-order chi connectivity index (χ1) is 15.1. The summed E-state index contributed by atoms with van der Waals surface area (Å²) in [6.45, 7) is 3.32. The average molecular weight is 433 g/mol. The summed E-state index contributed by atoms with van der Waals surface area (Å²) < 4.78 is 2.66. The molecule has 4 aromatic rings. The highest BCUT2D eigenvalue weighted by Crippen LogP contribution is 2.27. The van der Waals surface area contributed by atoms with E-state index in [1.807, 2.05) is 31.2 Å². The number of rotatable bonds is 4. The Kier molecular flexibility index (Phi) is 4.95. The van der Waals surface area contributed by atoms with Gasteiger partial charge in [-0.3, -0.25) is 9.59 Å². The van der Waals surface area contributed by atoms with Gasteiger partial charge >= 0.3 is 0 Å². The molecule has 2 amide bonds. The van der Waals surface area contributed by atoms with Crippen LogP contribution in [-0.2, 0) is 0 Å². The zero-order valence-corrected chi connectivity index (χ0v) is 17.7. The van der Waals surface area contributed by atoms with Crippen LogP contribution in [0.4, 0.5) is 5.82 Å². The minimum absolute atomic E-state index is 0.137. The van der Waals surface area contributed by atoms with Crippen molar-refractivity contribution in [2.45, 2.75) is 19.8 Å². The summed E-state index contributed by atoms with van der Waals surface area (Å²) in [5.74, 6) is -0.0412. The second-order valence-electron chi connectivity index (χ2n) is 7.41. The van der Waals surface area contributed by atoms with Crippen LogP contribution in [0.1, 0.15) is 39.5 Å². The summed E-state index contributed by atoms with van der Waals surface area (Å²) in [5.41, 5.74) is 2.09. The van der Waals surface area contributed by atoms with Crippen molar-refractivity contribution in [3.63, 3.8) is 0 Å². The Bertz CT molecular complexity index is 1260. The van der Waals surface area contributed by atoms with E-state index in [-0.39, 0.29) is 17.3 Å². The number of nitrogens with one attached hydrogen (secondary N) is 1. The number of thiazole rings is 1. The van der Waals surface area contributed by atoms with Crippen LogP contribution < -0.4 is 5.32 Å². The van der Waals surface area contributed by atoms with Gasteiger partial charge in [-0.2, -0.15) is 9.78 Å². The summed E-state index contributed by atoms with van der Waals surface area (Å²) in [7, 11) is 0. The average Bonchev–Trinajstić information content (AvgIpc) is 3.52. The van der Waals surface area contributed by atoms with E-state index < -0.39 is 5.91 Å². The molecule has 31 heavy (non-hydrogen) atoms. The van der Waals surface area contributed by atoms with Crippen molar-refractivity contribution < 1.29 is 9.59 Å². The monoisotopic (exact) mass is 432 g/mol. The van der Waals surface area contributed by atoms with E-state index in [2.05, 4.69) is 20.4 Å². The van der Waals surface area contributed by atoms with Crippen LogP contribution in [0.15, 0.2) is 48.5 Å². The Morgan fingerprint density at radius 1 is 1.00 bits per heavy atom. The zero-order valence-electron chi connectivity index (χ0n) is 16.9. The molecule has 0 aliphatic carbocycles. The van der Waals surface area contributed by atoms with Crippen LogP contribution in [0, 0.1) is 6.92 Å². The van der Waals surface area contributed by atoms with Gasteiger partial charge in [0.2, 0.25) is 5.13 Å². The van der Waals surface area contributed by atoms with Crippen molar-refractivity contribution in [2.24, 2.45) is 0 Å². The molecule has 0 unspecified atom stereocenters. The molecular weight excluding hydrogens is 412 g/mol. The van der Waals surface area contributed by atoms with Gasteiger partial charge in [0.1, 0.15) is 17.2 Å². The first-order valence-electron chi connectivity index (χ1n) is 10.1. The molecule has 1 saturated heterocycles. The number of aromatic nitrogens is 4. The summed E-state index contributed by atoms with van der Waals surface area (Å²) in [6, 6.07) is 14.5. The van der Waals surface area contributed by atoms with Crippen molar-refractivity contribution >= 4 is 39.2 Å². The van der Waals surface area contributed by atoms with Crippen LogP contribution in [0.2, 0.25) is 0 Å². The van der Waals surface area contributed by atoms with Crippen LogP contribution in [0.3, 0.4) is 0 Å². The Morgan fingerprint density at radius 2 is 1.77 bits per heavy atom. The Hall–Kier alpha value is -3.59. The third kappa shape index (κ3) is 3.79. The summed E-state index contributed by atoms with van der Waals surface area (Å²) >= 11 is 1.49. The molecule has 156 valence electrons. The number of carbonyl (C=O) groups excluding carboxylic acids is 2. The quantitative estimate of drug-likeness (QED) is 0.531. The van der Waals surface area contributed by atoms with E-state index in [0.717, 1.165) is 41.8 Å². The fraction of sp³-hybridized carbons (Fsp3) is 0.227. The van der Waals surface area contributed by atoms with E-state index in [0.29, 0.717) is 10.9 Å². The number of carbonyl (C=O) groups is 2. The minimum atomic E-state index is -0.404. The van der Waals surface area contributed by atoms with Gasteiger partial charge in [-0.25, -0.2) is 9.97 Å². The van der Waals surface area contributed by atoms with Crippen molar-refractivity contribution in [3.8, 4) is 5.13 Å². The lowest BCUT2D eigenvalue weighted by Crippen LogP contribution is -2.29. The number of para-hydroxylation sites is 1.